The molecule has 0 unspecified atom stereocenters. The summed E-state index contributed by atoms with van der Waals surface area (Å²) >= 11 is 0. The Kier molecular flexibility index (Phi) is 5.51. The summed E-state index contributed by atoms with van der Waals surface area (Å²) in [6.07, 6.45) is 3.92. The maximum atomic E-state index is 12.2. The van der Waals surface area contributed by atoms with Crippen LogP contribution in [0.1, 0.15) is 52.5 Å². The SMILES string of the molecule is CC(=O)c1ccc(NC(=O)COc2nc(C)c3c(c2C#N)CCCC3)cc1. The molecule has 0 atom stereocenters. The van der Waals surface area contributed by atoms with Gasteiger partial charge in [0.15, 0.2) is 12.4 Å². The van der Waals surface area contributed by atoms with Crippen LogP contribution in [0, 0.1) is 18.3 Å². The van der Waals surface area contributed by atoms with Crippen molar-refractivity contribution in [2.45, 2.75) is 39.5 Å². The smallest absolute Gasteiger partial charge is 0.262 e. The number of nitrogens with one attached hydrogen (secondary N) is 1. The fraction of sp³-hybridized carbons (Fsp3) is 0.333. The van der Waals surface area contributed by atoms with E-state index in [0.717, 1.165) is 42.5 Å². The maximum absolute atomic E-state index is 12.2. The van der Waals surface area contributed by atoms with Crippen LogP contribution < -0.4 is 10.1 Å². The number of amides is 1. The Labute approximate surface area is 158 Å². The molecule has 1 N–H and O–H groups in total. The van der Waals surface area contributed by atoms with Crippen LogP contribution in [0.4, 0.5) is 5.69 Å². The van der Waals surface area contributed by atoms with E-state index in [2.05, 4.69) is 16.4 Å². The number of benzene rings is 1. The van der Waals surface area contributed by atoms with Gasteiger partial charge in [-0.15, -0.1) is 0 Å². The highest BCUT2D eigenvalue weighted by atomic mass is 16.5. The molecule has 1 aliphatic rings. The minimum atomic E-state index is -0.355. The highest BCUT2D eigenvalue weighted by molar-refractivity contribution is 5.95. The van der Waals surface area contributed by atoms with E-state index in [4.69, 9.17) is 4.74 Å². The van der Waals surface area contributed by atoms with Gasteiger partial charge in [0, 0.05) is 16.9 Å². The molecule has 0 bridgehead atoms. The summed E-state index contributed by atoms with van der Waals surface area (Å²) < 4.78 is 5.57. The van der Waals surface area contributed by atoms with Gasteiger partial charge in [-0.25, -0.2) is 4.98 Å². The molecule has 3 rings (SSSR count). The number of pyridine rings is 1. The van der Waals surface area contributed by atoms with Gasteiger partial charge in [-0.1, -0.05) is 0 Å². The van der Waals surface area contributed by atoms with E-state index in [1.54, 1.807) is 24.3 Å². The number of ketones is 1. The van der Waals surface area contributed by atoms with Gasteiger partial charge in [0.1, 0.15) is 11.6 Å². The Morgan fingerprint density at radius 3 is 2.48 bits per heavy atom. The van der Waals surface area contributed by atoms with Crippen molar-refractivity contribution < 1.29 is 14.3 Å². The van der Waals surface area contributed by atoms with E-state index in [9.17, 15) is 14.9 Å². The van der Waals surface area contributed by atoms with Crippen molar-refractivity contribution in [2.75, 3.05) is 11.9 Å². The molecule has 1 aromatic heterocycles. The van der Waals surface area contributed by atoms with Crippen LogP contribution in [-0.4, -0.2) is 23.3 Å². The highest BCUT2D eigenvalue weighted by Gasteiger charge is 2.21. The first kappa shape index (κ1) is 18.6. The lowest BCUT2D eigenvalue weighted by atomic mass is 9.88. The number of fused-ring (bicyclic) bond motifs is 1. The third-order valence-corrected chi connectivity index (χ3v) is 4.72. The lowest BCUT2D eigenvalue weighted by Crippen LogP contribution is -2.21. The van der Waals surface area contributed by atoms with Crippen LogP contribution in [0.25, 0.3) is 0 Å². The number of carbonyl (C=O) groups is 2. The molecule has 0 radical (unpaired) electrons. The van der Waals surface area contributed by atoms with Crippen molar-refractivity contribution in [1.29, 1.82) is 5.26 Å². The molecule has 0 saturated heterocycles. The summed E-state index contributed by atoms with van der Waals surface area (Å²) in [5, 5.41) is 12.2. The fourth-order valence-corrected chi connectivity index (χ4v) is 3.32. The first-order valence-electron chi connectivity index (χ1n) is 8.95. The predicted molar refractivity (Wildman–Crippen MR) is 101 cm³/mol. The summed E-state index contributed by atoms with van der Waals surface area (Å²) in [5.74, 6) is -0.168. The van der Waals surface area contributed by atoms with Gasteiger partial charge in [-0.2, -0.15) is 5.26 Å². The fourth-order valence-electron chi connectivity index (χ4n) is 3.32. The number of aryl methyl sites for hydroxylation is 1. The number of carbonyl (C=O) groups excluding carboxylic acids is 2. The Morgan fingerprint density at radius 1 is 1.19 bits per heavy atom. The van der Waals surface area contributed by atoms with Crippen LogP contribution >= 0.6 is 0 Å². The Bertz CT molecular complexity index is 927. The normalized spacial score (nSPS) is 12.6. The second-order valence-electron chi connectivity index (χ2n) is 6.62. The van der Waals surface area contributed by atoms with Gasteiger partial charge in [0.05, 0.1) is 0 Å². The summed E-state index contributed by atoms with van der Waals surface area (Å²) in [7, 11) is 0. The molecule has 27 heavy (non-hydrogen) atoms. The second-order valence-corrected chi connectivity index (χ2v) is 6.62. The van der Waals surface area contributed by atoms with Crippen LogP contribution in [-0.2, 0) is 17.6 Å². The average molecular weight is 363 g/mol. The third-order valence-electron chi connectivity index (χ3n) is 4.72. The minimum absolute atomic E-state index is 0.0332. The number of hydrogen-bond acceptors (Lipinski definition) is 5. The van der Waals surface area contributed by atoms with E-state index in [1.807, 2.05) is 6.92 Å². The van der Waals surface area contributed by atoms with Gasteiger partial charge in [0.2, 0.25) is 5.88 Å². The van der Waals surface area contributed by atoms with Crippen molar-refractivity contribution in [1.82, 2.24) is 4.98 Å². The predicted octanol–water partition coefficient (Wildman–Crippen LogP) is 3.36. The van der Waals surface area contributed by atoms with Gasteiger partial charge >= 0.3 is 0 Å². The number of anilines is 1. The minimum Gasteiger partial charge on any atom is -0.467 e. The van der Waals surface area contributed by atoms with Crippen molar-refractivity contribution >= 4 is 17.4 Å². The zero-order valence-electron chi connectivity index (χ0n) is 15.5. The summed E-state index contributed by atoms with van der Waals surface area (Å²) in [4.78, 5) is 27.9. The Balaban J connectivity index is 1.69. The molecule has 2 aromatic rings. The largest absolute Gasteiger partial charge is 0.467 e. The van der Waals surface area contributed by atoms with E-state index >= 15 is 0 Å². The molecule has 0 fully saturated rings. The molecule has 1 heterocycles. The van der Waals surface area contributed by atoms with Gasteiger partial charge in [-0.3, -0.25) is 9.59 Å². The molecule has 138 valence electrons. The number of nitriles is 1. The first-order valence-corrected chi connectivity index (χ1v) is 8.95. The summed E-state index contributed by atoms with van der Waals surface area (Å²) in [6.45, 7) is 3.16. The molecule has 6 nitrogen and oxygen atoms in total. The number of nitrogens with zero attached hydrogens (tertiary/aromatic N) is 2. The number of hydrogen-bond donors (Lipinski definition) is 1. The quantitative estimate of drug-likeness (QED) is 0.822. The molecule has 6 heteroatoms. The first-order chi connectivity index (χ1) is 13.0. The van der Waals surface area contributed by atoms with Crippen LogP contribution in [0.2, 0.25) is 0 Å². The topological polar surface area (TPSA) is 92.1 Å². The lowest BCUT2D eigenvalue weighted by Gasteiger charge is -2.20. The second kappa shape index (κ2) is 8.00. The zero-order chi connectivity index (χ0) is 19.4. The highest BCUT2D eigenvalue weighted by Crippen LogP contribution is 2.31. The molecule has 0 aliphatic heterocycles. The van der Waals surface area contributed by atoms with Crippen LogP contribution in [0.3, 0.4) is 0 Å². The molecule has 0 spiro atoms. The van der Waals surface area contributed by atoms with Gasteiger partial charge in [-0.05, 0) is 74.9 Å². The van der Waals surface area contributed by atoms with Crippen molar-refractivity contribution in [3.63, 3.8) is 0 Å². The number of rotatable bonds is 5. The van der Waals surface area contributed by atoms with Gasteiger partial charge < -0.3 is 10.1 Å². The third kappa shape index (κ3) is 4.14. The summed E-state index contributed by atoms with van der Waals surface area (Å²) in [5.41, 5.74) is 4.60. The standard InChI is InChI=1S/C21H21N3O3/c1-13-17-5-3-4-6-18(17)19(11-22)21(23-13)27-12-20(26)24-16-9-7-15(8-10-16)14(2)25/h7-10H,3-6,12H2,1-2H3,(H,24,26). The number of ether oxygens (including phenoxy) is 1. The average Bonchev–Trinajstić information content (AvgIpc) is 2.67. The van der Waals surface area contributed by atoms with E-state index < -0.39 is 0 Å². The molecule has 0 saturated carbocycles. The molecule has 1 aliphatic carbocycles. The molecule has 1 aromatic carbocycles. The number of aromatic nitrogens is 1. The number of Topliss-reactive ketones (excluding diaryl/α,β-unsaturated/α-hetero) is 1. The van der Waals surface area contributed by atoms with Crippen molar-refractivity contribution in [3.05, 3.63) is 52.2 Å². The molecular formula is C21H21N3O3. The monoisotopic (exact) mass is 363 g/mol. The molecule has 1 amide bonds. The summed E-state index contributed by atoms with van der Waals surface area (Å²) in [6, 6.07) is 8.82. The molecular weight excluding hydrogens is 342 g/mol. The van der Waals surface area contributed by atoms with Crippen LogP contribution in [0.5, 0.6) is 5.88 Å². The van der Waals surface area contributed by atoms with Gasteiger partial charge in [0.25, 0.3) is 5.91 Å². The van der Waals surface area contributed by atoms with Crippen LogP contribution in [0.15, 0.2) is 24.3 Å². The van der Waals surface area contributed by atoms with Crippen molar-refractivity contribution in [3.8, 4) is 11.9 Å². The van der Waals surface area contributed by atoms with Crippen molar-refractivity contribution in [2.24, 2.45) is 0 Å². The zero-order valence-corrected chi connectivity index (χ0v) is 15.5. The van der Waals surface area contributed by atoms with E-state index in [0.29, 0.717) is 16.8 Å². The lowest BCUT2D eigenvalue weighted by molar-refractivity contribution is -0.118. The Hall–Kier alpha value is -3.20. The maximum Gasteiger partial charge on any atom is 0.262 e. The Morgan fingerprint density at radius 2 is 1.85 bits per heavy atom. The van der Waals surface area contributed by atoms with E-state index in [1.165, 1.54) is 6.92 Å². The van der Waals surface area contributed by atoms with E-state index in [-0.39, 0.29) is 24.2 Å².